The summed E-state index contributed by atoms with van der Waals surface area (Å²) in [7, 11) is 0. The highest BCUT2D eigenvalue weighted by Crippen LogP contribution is 2.16. The van der Waals surface area contributed by atoms with Gasteiger partial charge in [-0.05, 0) is 34.1 Å². The summed E-state index contributed by atoms with van der Waals surface area (Å²) in [4.78, 5) is 0. The Morgan fingerprint density at radius 1 is 1.36 bits per heavy atom. The minimum atomic E-state index is -0.0347. The van der Waals surface area contributed by atoms with Crippen LogP contribution in [0.3, 0.4) is 0 Å². The van der Waals surface area contributed by atoms with Crippen LogP contribution in [0.25, 0.3) is 0 Å². The van der Waals surface area contributed by atoms with Crippen molar-refractivity contribution in [2.75, 3.05) is 0 Å². The number of rotatable bonds is 4. The maximum absolute atomic E-state index is 5.72. The standard InChI is InChI=1S/C9H21NO/c1-6-9(4,5)11-8(3)7(2)10/h7-8H,6,10H2,1-5H3/t7-,8?/m1/s1. The first-order valence-electron chi connectivity index (χ1n) is 4.32. The molecular formula is C9H21NO. The Morgan fingerprint density at radius 2 is 1.82 bits per heavy atom. The van der Waals surface area contributed by atoms with E-state index in [0.29, 0.717) is 0 Å². The zero-order valence-electron chi connectivity index (χ0n) is 8.35. The van der Waals surface area contributed by atoms with Gasteiger partial charge in [-0.3, -0.25) is 0 Å². The van der Waals surface area contributed by atoms with Crippen molar-refractivity contribution in [3.63, 3.8) is 0 Å². The summed E-state index contributed by atoms with van der Waals surface area (Å²) < 4.78 is 5.72. The first-order valence-corrected chi connectivity index (χ1v) is 4.32. The van der Waals surface area contributed by atoms with E-state index in [0.717, 1.165) is 6.42 Å². The number of hydrogen-bond donors (Lipinski definition) is 1. The molecule has 0 saturated heterocycles. The van der Waals surface area contributed by atoms with Crippen molar-refractivity contribution in [1.82, 2.24) is 0 Å². The van der Waals surface area contributed by atoms with Crippen LogP contribution in [0.2, 0.25) is 0 Å². The quantitative estimate of drug-likeness (QED) is 0.680. The van der Waals surface area contributed by atoms with Gasteiger partial charge in [0.1, 0.15) is 0 Å². The molecule has 0 aromatic carbocycles. The van der Waals surface area contributed by atoms with Crippen LogP contribution < -0.4 is 5.73 Å². The Bertz CT molecular complexity index is 110. The van der Waals surface area contributed by atoms with Crippen LogP contribution in [0.4, 0.5) is 0 Å². The van der Waals surface area contributed by atoms with Crippen molar-refractivity contribution < 1.29 is 4.74 Å². The first kappa shape index (κ1) is 10.9. The molecule has 0 bridgehead atoms. The molecule has 2 heteroatoms. The zero-order valence-corrected chi connectivity index (χ0v) is 8.35. The molecule has 1 unspecified atom stereocenters. The van der Waals surface area contributed by atoms with E-state index in [1.165, 1.54) is 0 Å². The van der Waals surface area contributed by atoms with Gasteiger partial charge in [0.05, 0.1) is 11.7 Å². The molecule has 0 aromatic heterocycles. The smallest absolute Gasteiger partial charge is 0.0702 e. The highest BCUT2D eigenvalue weighted by Gasteiger charge is 2.20. The van der Waals surface area contributed by atoms with Crippen molar-refractivity contribution in [3.05, 3.63) is 0 Å². The fourth-order valence-electron chi connectivity index (χ4n) is 0.694. The molecule has 68 valence electrons. The molecular weight excluding hydrogens is 138 g/mol. The van der Waals surface area contributed by atoms with E-state index in [9.17, 15) is 0 Å². The van der Waals surface area contributed by atoms with Gasteiger partial charge in [-0.15, -0.1) is 0 Å². The first-order chi connectivity index (χ1) is 4.89. The van der Waals surface area contributed by atoms with Crippen molar-refractivity contribution in [1.29, 1.82) is 0 Å². The molecule has 2 atom stereocenters. The highest BCUT2D eigenvalue weighted by molar-refractivity contribution is 4.71. The molecule has 0 amide bonds. The largest absolute Gasteiger partial charge is 0.371 e. The normalized spacial score (nSPS) is 18.0. The third kappa shape index (κ3) is 4.38. The van der Waals surface area contributed by atoms with E-state index in [1.807, 2.05) is 13.8 Å². The van der Waals surface area contributed by atoms with E-state index < -0.39 is 0 Å². The lowest BCUT2D eigenvalue weighted by Gasteiger charge is -2.29. The topological polar surface area (TPSA) is 35.2 Å². The van der Waals surface area contributed by atoms with Crippen molar-refractivity contribution in [2.24, 2.45) is 5.73 Å². The van der Waals surface area contributed by atoms with Crippen molar-refractivity contribution in [2.45, 2.75) is 58.8 Å². The molecule has 0 rings (SSSR count). The molecule has 0 aliphatic carbocycles. The van der Waals surface area contributed by atoms with Crippen LogP contribution in [-0.2, 0) is 4.74 Å². The van der Waals surface area contributed by atoms with Gasteiger partial charge in [0.25, 0.3) is 0 Å². The van der Waals surface area contributed by atoms with Gasteiger partial charge in [-0.1, -0.05) is 6.92 Å². The van der Waals surface area contributed by atoms with Crippen LogP contribution in [0.5, 0.6) is 0 Å². The third-order valence-corrected chi connectivity index (χ3v) is 2.10. The molecule has 0 spiro atoms. The molecule has 0 heterocycles. The monoisotopic (exact) mass is 159 g/mol. The zero-order chi connectivity index (χ0) is 9.07. The fraction of sp³-hybridized carbons (Fsp3) is 1.00. The molecule has 0 fully saturated rings. The van der Waals surface area contributed by atoms with Crippen LogP contribution in [0, 0.1) is 0 Å². The summed E-state index contributed by atoms with van der Waals surface area (Å²) in [5.41, 5.74) is 5.64. The van der Waals surface area contributed by atoms with Crippen LogP contribution >= 0.6 is 0 Å². The highest BCUT2D eigenvalue weighted by atomic mass is 16.5. The molecule has 0 radical (unpaired) electrons. The van der Waals surface area contributed by atoms with E-state index in [1.54, 1.807) is 0 Å². The lowest BCUT2D eigenvalue weighted by Crippen LogP contribution is -2.38. The Morgan fingerprint density at radius 3 is 2.09 bits per heavy atom. The Hall–Kier alpha value is -0.0800. The van der Waals surface area contributed by atoms with Gasteiger partial charge in [0.15, 0.2) is 0 Å². The van der Waals surface area contributed by atoms with Gasteiger partial charge >= 0.3 is 0 Å². The summed E-state index contributed by atoms with van der Waals surface area (Å²) in [6.07, 6.45) is 1.16. The molecule has 2 nitrogen and oxygen atoms in total. The maximum atomic E-state index is 5.72. The summed E-state index contributed by atoms with van der Waals surface area (Å²) in [6, 6.07) is 0.112. The van der Waals surface area contributed by atoms with Crippen molar-refractivity contribution >= 4 is 0 Å². The van der Waals surface area contributed by atoms with E-state index in [-0.39, 0.29) is 17.7 Å². The van der Waals surface area contributed by atoms with Gasteiger partial charge < -0.3 is 10.5 Å². The minimum Gasteiger partial charge on any atom is -0.371 e. The average Bonchev–Trinajstić information content (AvgIpc) is 1.87. The van der Waals surface area contributed by atoms with E-state index in [2.05, 4.69) is 20.8 Å². The Kier molecular flexibility index (Phi) is 4.04. The molecule has 0 aliphatic heterocycles. The fourth-order valence-corrected chi connectivity index (χ4v) is 0.694. The molecule has 0 saturated carbocycles. The minimum absolute atomic E-state index is 0.0347. The molecule has 0 aliphatic rings. The van der Waals surface area contributed by atoms with E-state index in [4.69, 9.17) is 10.5 Å². The predicted octanol–water partition coefficient (Wildman–Crippen LogP) is 1.93. The number of hydrogen-bond acceptors (Lipinski definition) is 2. The van der Waals surface area contributed by atoms with Crippen molar-refractivity contribution in [3.8, 4) is 0 Å². The van der Waals surface area contributed by atoms with Gasteiger partial charge in [0.2, 0.25) is 0 Å². The predicted molar refractivity (Wildman–Crippen MR) is 48.6 cm³/mol. The molecule has 11 heavy (non-hydrogen) atoms. The maximum Gasteiger partial charge on any atom is 0.0702 e. The Labute approximate surface area is 70.1 Å². The average molecular weight is 159 g/mol. The molecule has 0 aromatic rings. The number of ether oxygens (including phenoxy) is 1. The summed E-state index contributed by atoms with van der Waals surface area (Å²) in [6.45, 7) is 10.3. The SMILES string of the molecule is CCC(C)(C)OC(C)[C@@H](C)N. The third-order valence-electron chi connectivity index (χ3n) is 2.10. The van der Waals surface area contributed by atoms with Gasteiger partial charge in [-0.2, -0.15) is 0 Å². The molecule has 2 N–H and O–H groups in total. The van der Waals surface area contributed by atoms with Gasteiger partial charge in [0, 0.05) is 6.04 Å². The summed E-state index contributed by atoms with van der Waals surface area (Å²) >= 11 is 0. The van der Waals surface area contributed by atoms with E-state index >= 15 is 0 Å². The lowest BCUT2D eigenvalue weighted by molar-refractivity contribution is -0.0725. The second-order valence-corrected chi connectivity index (χ2v) is 3.80. The lowest BCUT2D eigenvalue weighted by atomic mass is 10.1. The number of nitrogens with two attached hydrogens (primary N) is 1. The van der Waals surface area contributed by atoms with Crippen LogP contribution in [-0.4, -0.2) is 17.7 Å². The van der Waals surface area contributed by atoms with Crippen LogP contribution in [0.1, 0.15) is 41.0 Å². The second kappa shape index (κ2) is 4.07. The second-order valence-electron chi connectivity index (χ2n) is 3.80. The summed E-state index contributed by atoms with van der Waals surface area (Å²) in [5, 5.41) is 0. The van der Waals surface area contributed by atoms with Crippen LogP contribution in [0.15, 0.2) is 0 Å². The van der Waals surface area contributed by atoms with Gasteiger partial charge in [-0.25, -0.2) is 0 Å². The Balaban J connectivity index is 3.83. The summed E-state index contributed by atoms with van der Waals surface area (Å²) in [5.74, 6) is 0.